The first-order valence-corrected chi connectivity index (χ1v) is 13.1. The van der Waals surface area contributed by atoms with E-state index in [-0.39, 0.29) is 36.5 Å². The number of amides is 1. The molecule has 2 aromatic carbocycles. The van der Waals surface area contributed by atoms with Gasteiger partial charge in [-0.2, -0.15) is 0 Å². The van der Waals surface area contributed by atoms with Gasteiger partial charge in [0.25, 0.3) is 0 Å². The molecule has 1 unspecified atom stereocenters. The molecule has 2 aromatic rings. The predicted octanol–water partition coefficient (Wildman–Crippen LogP) is 2.90. The molecule has 0 aliphatic heterocycles. The van der Waals surface area contributed by atoms with Crippen LogP contribution in [0.25, 0.3) is 0 Å². The highest BCUT2D eigenvalue weighted by atomic mass is 32.2. The minimum atomic E-state index is -3.52. The van der Waals surface area contributed by atoms with Gasteiger partial charge in [0.1, 0.15) is 18.5 Å². The maximum Gasteiger partial charge on any atom is 0.238 e. The lowest BCUT2D eigenvalue weighted by atomic mass is 10.0. The SMILES string of the molecule is CCS(=O)(=O)NC(C(=O)NCCc1cc(OC)c(OCC#Cc2ccc(F)cc2)c(OC)c1)C(C)C. The quantitative estimate of drug-likeness (QED) is 0.417. The number of benzene rings is 2. The standard InChI is InChI=1S/C26H33FN2O6S/c1-6-36(31,32)29-24(18(2)3)26(30)28-14-13-20-16-22(33-4)25(23(17-20)34-5)35-15-7-8-19-9-11-21(27)12-10-19/h9-12,16-18,24,29H,6,13-15H2,1-5H3,(H,28,30). The van der Waals surface area contributed by atoms with Crippen LogP contribution in [0, 0.1) is 23.6 Å². The summed E-state index contributed by atoms with van der Waals surface area (Å²) in [6.07, 6.45) is 0.453. The normalized spacial score (nSPS) is 11.9. The predicted molar refractivity (Wildman–Crippen MR) is 136 cm³/mol. The van der Waals surface area contributed by atoms with Crippen molar-refractivity contribution in [2.24, 2.45) is 5.92 Å². The van der Waals surface area contributed by atoms with Crippen molar-refractivity contribution in [1.82, 2.24) is 10.0 Å². The summed E-state index contributed by atoms with van der Waals surface area (Å²) in [5, 5.41) is 2.79. The number of ether oxygens (including phenoxy) is 3. The molecular formula is C26H33FN2O6S. The van der Waals surface area contributed by atoms with Crippen molar-refractivity contribution in [2.75, 3.05) is 33.1 Å². The van der Waals surface area contributed by atoms with Crippen molar-refractivity contribution < 1.29 is 31.8 Å². The smallest absolute Gasteiger partial charge is 0.238 e. The molecule has 1 atom stereocenters. The van der Waals surface area contributed by atoms with E-state index in [4.69, 9.17) is 14.2 Å². The highest BCUT2D eigenvalue weighted by Gasteiger charge is 2.26. The molecule has 0 saturated carbocycles. The lowest BCUT2D eigenvalue weighted by Crippen LogP contribution is -2.50. The van der Waals surface area contributed by atoms with Crippen LogP contribution < -0.4 is 24.2 Å². The zero-order chi connectivity index (χ0) is 26.7. The molecule has 0 aromatic heterocycles. The summed E-state index contributed by atoms with van der Waals surface area (Å²) in [7, 11) is -0.510. The van der Waals surface area contributed by atoms with E-state index in [0.29, 0.717) is 29.2 Å². The third-order valence-electron chi connectivity index (χ3n) is 5.23. The number of hydrogen-bond donors (Lipinski definition) is 2. The minimum absolute atomic E-state index is 0.0593. The molecule has 0 fully saturated rings. The van der Waals surface area contributed by atoms with E-state index in [1.165, 1.54) is 33.3 Å². The second-order valence-electron chi connectivity index (χ2n) is 8.21. The fourth-order valence-electron chi connectivity index (χ4n) is 3.21. The lowest BCUT2D eigenvalue weighted by molar-refractivity contribution is -0.123. The van der Waals surface area contributed by atoms with Crippen molar-refractivity contribution in [3.8, 4) is 29.1 Å². The van der Waals surface area contributed by atoms with E-state index in [9.17, 15) is 17.6 Å². The molecule has 0 bridgehead atoms. The Balaban J connectivity index is 2.04. The monoisotopic (exact) mass is 520 g/mol. The number of nitrogens with one attached hydrogen (secondary N) is 2. The first-order valence-electron chi connectivity index (χ1n) is 11.5. The summed E-state index contributed by atoms with van der Waals surface area (Å²) in [6, 6.07) is 8.54. The first kappa shape index (κ1) is 28.9. The van der Waals surface area contributed by atoms with Gasteiger partial charge in [-0.25, -0.2) is 17.5 Å². The summed E-state index contributed by atoms with van der Waals surface area (Å²) < 4.78 is 56.0. The Bertz CT molecular complexity index is 1160. The van der Waals surface area contributed by atoms with Gasteiger partial charge in [-0.1, -0.05) is 25.7 Å². The molecule has 2 N–H and O–H groups in total. The Hall–Kier alpha value is -3.29. The van der Waals surface area contributed by atoms with E-state index in [1.807, 2.05) is 0 Å². The fourth-order valence-corrected chi connectivity index (χ4v) is 4.14. The molecule has 2 rings (SSSR count). The van der Waals surface area contributed by atoms with Crippen LogP contribution in [-0.4, -0.2) is 53.5 Å². The van der Waals surface area contributed by atoms with Crippen LogP contribution >= 0.6 is 0 Å². The Morgan fingerprint density at radius 1 is 1.08 bits per heavy atom. The van der Waals surface area contributed by atoms with Crippen molar-refractivity contribution in [3.63, 3.8) is 0 Å². The van der Waals surface area contributed by atoms with E-state index in [2.05, 4.69) is 21.9 Å². The molecule has 10 heteroatoms. The summed E-state index contributed by atoms with van der Waals surface area (Å²) in [6.45, 7) is 5.42. The average molecular weight is 521 g/mol. The molecule has 0 saturated heterocycles. The Labute approximate surface area is 212 Å². The van der Waals surface area contributed by atoms with Gasteiger partial charge in [0.2, 0.25) is 21.7 Å². The van der Waals surface area contributed by atoms with Gasteiger partial charge < -0.3 is 19.5 Å². The van der Waals surface area contributed by atoms with Crippen LogP contribution in [0.2, 0.25) is 0 Å². The van der Waals surface area contributed by atoms with Crippen LogP contribution in [-0.2, 0) is 21.2 Å². The summed E-state index contributed by atoms with van der Waals surface area (Å²) >= 11 is 0. The number of halogens is 1. The highest BCUT2D eigenvalue weighted by molar-refractivity contribution is 7.89. The number of carbonyl (C=O) groups excluding carboxylic acids is 1. The first-order chi connectivity index (χ1) is 17.1. The zero-order valence-corrected chi connectivity index (χ0v) is 22.0. The Morgan fingerprint density at radius 2 is 1.69 bits per heavy atom. The number of hydrogen-bond acceptors (Lipinski definition) is 6. The van der Waals surface area contributed by atoms with E-state index in [0.717, 1.165) is 5.56 Å². The molecular weight excluding hydrogens is 487 g/mol. The molecule has 196 valence electrons. The van der Waals surface area contributed by atoms with Gasteiger partial charge in [-0.15, -0.1) is 0 Å². The van der Waals surface area contributed by atoms with E-state index < -0.39 is 16.1 Å². The second kappa shape index (κ2) is 13.7. The van der Waals surface area contributed by atoms with E-state index >= 15 is 0 Å². The second-order valence-corrected chi connectivity index (χ2v) is 10.3. The molecule has 0 aliphatic carbocycles. The van der Waals surface area contributed by atoms with Gasteiger partial charge in [-0.3, -0.25) is 4.79 Å². The summed E-state index contributed by atoms with van der Waals surface area (Å²) in [5.74, 6) is 6.00. The van der Waals surface area contributed by atoms with Gasteiger partial charge in [0.05, 0.1) is 20.0 Å². The fraction of sp³-hybridized carbons (Fsp3) is 0.423. The van der Waals surface area contributed by atoms with Crippen molar-refractivity contribution in [3.05, 3.63) is 53.3 Å². The third kappa shape index (κ3) is 8.73. The topological polar surface area (TPSA) is 103 Å². The Morgan fingerprint density at radius 3 is 2.22 bits per heavy atom. The van der Waals surface area contributed by atoms with Gasteiger partial charge >= 0.3 is 0 Å². The maximum atomic E-state index is 13.0. The lowest BCUT2D eigenvalue weighted by Gasteiger charge is -2.21. The van der Waals surface area contributed by atoms with Crippen LogP contribution in [0.4, 0.5) is 4.39 Å². The number of rotatable bonds is 12. The average Bonchev–Trinajstić information content (AvgIpc) is 2.86. The highest BCUT2D eigenvalue weighted by Crippen LogP contribution is 2.38. The van der Waals surface area contributed by atoms with Gasteiger partial charge in [-0.05, 0) is 61.2 Å². The van der Waals surface area contributed by atoms with Crippen LogP contribution in [0.15, 0.2) is 36.4 Å². The maximum absolute atomic E-state index is 13.0. The van der Waals surface area contributed by atoms with Crippen LogP contribution in [0.1, 0.15) is 31.9 Å². The molecule has 8 nitrogen and oxygen atoms in total. The molecule has 36 heavy (non-hydrogen) atoms. The van der Waals surface area contributed by atoms with Crippen molar-refractivity contribution >= 4 is 15.9 Å². The van der Waals surface area contributed by atoms with Gasteiger partial charge in [0, 0.05) is 12.1 Å². The van der Waals surface area contributed by atoms with Crippen molar-refractivity contribution in [1.29, 1.82) is 0 Å². The van der Waals surface area contributed by atoms with Crippen LogP contribution in [0.5, 0.6) is 17.2 Å². The molecule has 1 amide bonds. The van der Waals surface area contributed by atoms with Gasteiger partial charge in [0.15, 0.2) is 11.5 Å². The summed E-state index contributed by atoms with van der Waals surface area (Å²) in [5.41, 5.74) is 1.49. The molecule has 0 radical (unpaired) electrons. The zero-order valence-electron chi connectivity index (χ0n) is 21.2. The summed E-state index contributed by atoms with van der Waals surface area (Å²) in [4.78, 5) is 12.6. The Kier molecular flexibility index (Phi) is 11.0. The minimum Gasteiger partial charge on any atom is -0.493 e. The van der Waals surface area contributed by atoms with Crippen molar-refractivity contribution in [2.45, 2.75) is 33.2 Å². The number of methoxy groups -OCH3 is 2. The molecule has 0 heterocycles. The molecule has 0 aliphatic rings. The van der Waals surface area contributed by atoms with Crippen LogP contribution in [0.3, 0.4) is 0 Å². The number of carbonyl (C=O) groups is 1. The number of sulfonamides is 1. The largest absolute Gasteiger partial charge is 0.493 e. The van der Waals surface area contributed by atoms with E-state index in [1.54, 1.807) is 38.1 Å². The third-order valence-corrected chi connectivity index (χ3v) is 6.61. The molecule has 0 spiro atoms.